The highest BCUT2D eigenvalue weighted by Crippen LogP contribution is 2.50. The fourth-order valence-corrected chi connectivity index (χ4v) is 14.5. The van der Waals surface area contributed by atoms with E-state index in [9.17, 15) is 29.1 Å². The van der Waals surface area contributed by atoms with Crippen LogP contribution < -0.4 is 37.1 Å². The first kappa shape index (κ1) is 75.4. The quantitative estimate of drug-likeness (QED) is 0.0133. The van der Waals surface area contributed by atoms with E-state index in [0.717, 1.165) is 38.9 Å². The molecule has 31 heteroatoms. The highest BCUT2D eigenvalue weighted by molar-refractivity contribution is 7.98. The lowest BCUT2D eigenvalue weighted by molar-refractivity contribution is -0.116. The summed E-state index contributed by atoms with van der Waals surface area (Å²) in [5.41, 5.74) is 6.23. The topological polar surface area (TPSA) is 362 Å². The highest BCUT2D eigenvalue weighted by atomic mass is 32.2. The van der Waals surface area contributed by atoms with E-state index in [0.29, 0.717) is 35.0 Å². The van der Waals surface area contributed by atoms with Crippen molar-refractivity contribution in [3.8, 4) is 22.6 Å². The van der Waals surface area contributed by atoms with Crippen LogP contribution >= 0.6 is 20.4 Å². The Balaban J connectivity index is 0.0000105. The summed E-state index contributed by atoms with van der Waals surface area (Å²) in [6, 6.07) is 47.5. The van der Waals surface area contributed by atoms with Gasteiger partial charge in [-0.15, -0.1) is 0 Å². The van der Waals surface area contributed by atoms with E-state index < -0.39 is 80.6 Å². The number of nitrogens with one attached hydrogen (secondary N) is 4. The smallest absolute Gasteiger partial charge is 0.411 e. The predicted molar refractivity (Wildman–Crippen MR) is 397 cm³/mol. The standard InChI is InChI=1S/C75H79N12O16PS.H3N/c1-6-35-99-104(100-42-60-58(88)38-63(101-60)86-44-78-65-67(76-43-77-68(65)86)82-70(90)46-22-28-50(29-23-46)80-73(92)96-36-37-105-5)103-59-39-64(102-61(59)41-98-75(47-15-8-7-9-16-47,48-24-30-51(94-3)31-25-48)49-26-32-52(95-4)33-27-49)87-45-79-66-69(87)83-72(84-71(66)91)81-62(89)21-14-34-85(2)74(93)97-40-57-55-19-12-10-17-53(55)54-18-11-13-20-56(54)57;/h7-13,15-20,22-33,43-45,57-61,63-64,88H,6,14,21,34-42H2,1-5H3,(H,80,92)(H,76,77,82,90)(H2,81,83,84,89,91);1H3/t58?,59?,60-,61-,63-,64-,104?;/m1./s1. The Morgan fingerprint density at radius 1 is 0.698 bits per heavy atom. The van der Waals surface area contributed by atoms with Gasteiger partial charge >= 0.3 is 20.8 Å². The molecular formula is C75H82N13O16PS. The molecule has 0 saturated carbocycles. The summed E-state index contributed by atoms with van der Waals surface area (Å²) in [6.07, 6.45) is 0.654. The molecule has 0 radical (unpaired) electrons. The number of hydrogen-bond donors (Lipinski definition) is 6. The number of fused-ring (bicyclic) bond motifs is 5. The van der Waals surface area contributed by atoms with Crippen molar-refractivity contribution < 1.29 is 71.0 Å². The molecule has 106 heavy (non-hydrogen) atoms. The van der Waals surface area contributed by atoms with Crippen LogP contribution in [0.25, 0.3) is 33.5 Å². The van der Waals surface area contributed by atoms with E-state index in [4.69, 9.17) is 51.7 Å². The molecule has 1 aliphatic carbocycles. The number of H-pyrrole nitrogens is 1. The van der Waals surface area contributed by atoms with Gasteiger partial charge in [0, 0.05) is 55.8 Å². The zero-order valence-electron chi connectivity index (χ0n) is 58.9. The van der Waals surface area contributed by atoms with Gasteiger partial charge in [0.2, 0.25) is 11.9 Å². The number of amides is 4. The number of aromatic nitrogens is 8. The number of benzene rings is 6. The number of nitrogens with zero attached hydrogens (tertiary/aromatic N) is 8. The van der Waals surface area contributed by atoms with Crippen LogP contribution in [0.1, 0.15) is 95.6 Å². The van der Waals surface area contributed by atoms with Gasteiger partial charge in [-0.1, -0.05) is 110 Å². The Bertz CT molecular complexity index is 4640. The Morgan fingerprint density at radius 3 is 2.00 bits per heavy atom. The number of hydrogen-bond acceptors (Lipinski definition) is 23. The van der Waals surface area contributed by atoms with E-state index in [2.05, 4.69) is 65.1 Å². The van der Waals surface area contributed by atoms with Gasteiger partial charge in [0.05, 0.1) is 58.9 Å². The summed E-state index contributed by atoms with van der Waals surface area (Å²) in [5.74, 6) is 0.867. The average molecular weight is 1480 g/mol. The average Bonchev–Trinajstić information content (AvgIpc) is 1.54. The summed E-state index contributed by atoms with van der Waals surface area (Å²) in [4.78, 5) is 93.2. The van der Waals surface area contributed by atoms with Crippen LogP contribution in [0.2, 0.25) is 0 Å². The summed E-state index contributed by atoms with van der Waals surface area (Å²) < 4.78 is 66.3. The maximum Gasteiger partial charge on any atom is 0.411 e. The predicted octanol–water partition coefficient (Wildman–Crippen LogP) is 11.9. The Labute approximate surface area is 615 Å². The second-order valence-corrected chi connectivity index (χ2v) is 27.2. The number of carbonyl (C=O) groups is 4. The van der Waals surface area contributed by atoms with Crippen LogP contribution in [-0.2, 0) is 47.7 Å². The third kappa shape index (κ3) is 16.9. The third-order valence-corrected chi connectivity index (χ3v) is 20.1. The monoisotopic (exact) mass is 1480 g/mol. The van der Waals surface area contributed by atoms with Gasteiger partial charge in [-0.3, -0.25) is 39.1 Å². The van der Waals surface area contributed by atoms with Crippen molar-refractivity contribution >= 4 is 84.1 Å². The molecule has 2 saturated heterocycles. The van der Waals surface area contributed by atoms with E-state index in [1.54, 1.807) is 66.4 Å². The minimum Gasteiger partial charge on any atom is -0.497 e. The first-order chi connectivity index (χ1) is 51.2. The van der Waals surface area contributed by atoms with E-state index in [1.165, 1.54) is 23.9 Å². The Morgan fingerprint density at radius 2 is 1.33 bits per heavy atom. The molecule has 13 rings (SSSR count). The summed E-state index contributed by atoms with van der Waals surface area (Å²) in [7, 11) is 2.57. The SMILES string of the molecule is CCCOP(OC[C@H]1O[C@@H](n2cnc3c(NC(=O)c4ccc(NC(=O)OCCSC)cc4)ncnc32)CC1O)OC1C[C@H](n2cnc3c(=O)[nH]c(NC(=O)CCCN(C)C(=O)OCC4c5ccccc5-c5ccccc54)nc32)O[C@@H]1COC(c1ccccc1)(c1ccc(OC)cc1)c1ccc(OC)cc1.N. The van der Waals surface area contributed by atoms with Crippen molar-refractivity contribution in [2.24, 2.45) is 0 Å². The van der Waals surface area contributed by atoms with Crippen molar-refractivity contribution in [3.05, 3.63) is 214 Å². The zero-order valence-corrected chi connectivity index (χ0v) is 60.6. The molecule has 6 aromatic carbocycles. The molecule has 7 atom stereocenters. The normalized spacial score (nSPS) is 17.8. The maximum absolute atomic E-state index is 13.9. The van der Waals surface area contributed by atoms with Gasteiger partial charge in [0.15, 0.2) is 28.1 Å². The number of methoxy groups -OCH3 is 2. The van der Waals surface area contributed by atoms with Crippen LogP contribution in [-0.4, -0.2) is 170 Å². The zero-order chi connectivity index (χ0) is 73.0. The minimum atomic E-state index is -2.25. The molecule has 4 aromatic heterocycles. The fraction of sp³-hybridized carbons (Fsp3) is 0.333. The number of aliphatic hydroxyl groups excluding tert-OH is 1. The minimum absolute atomic E-state index is 0. The molecular weight excluding hydrogens is 1400 g/mol. The lowest BCUT2D eigenvalue weighted by Gasteiger charge is -2.37. The van der Waals surface area contributed by atoms with Crippen LogP contribution in [0.5, 0.6) is 11.5 Å². The Kier molecular flexibility index (Phi) is 24.8. The highest BCUT2D eigenvalue weighted by Gasteiger charge is 2.46. The largest absolute Gasteiger partial charge is 0.497 e. The molecule has 29 nitrogen and oxygen atoms in total. The number of anilines is 3. The molecule has 2 fully saturated rings. The number of aromatic amines is 1. The third-order valence-electron chi connectivity index (χ3n) is 18.3. The lowest BCUT2D eigenvalue weighted by Crippen LogP contribution is -2.38. The molecule has 3 aliphatic rings. The lowest BCUT2D eigenvalue weighted by atomic mass is 9.80. The van der Waals surface area contributed by atoms with E-state index in [-0.39, 0.29) is 111 Å². The van der Waals surface area contributed by atoms with Crippen LogP contribution in [0.3, 0.4) is 0 Å². The second kappa shape index (κ2) is 34.8. The van der Waals surface area contributed by atoms with Crippen molar-refractivity contribution in [2.45, 2.75) is 87.4 Å². The van der Waals surface area contributed by atoms with Gasteiger partial charge in [-0.05, 0) is 107 Å². The fourth-order valence-electron chi connectivity index (χ4n) is 13.0. The molecule has 2 aliphatic heterocycles. The first-order valence-corrected chi connectivity index (χ1v) is 36.8. The number of carbonyl (C=O) groups excluding carboxylic acids is 4. The number of aliphatic hydroxyl groups is 1. The van der Waals surface area contributed by atoms with Crippen LogP contribution in [0.4, 0.5) is 27.0 Å². The molecule has 0 spiro atoms. The summed E-state index contributed by atoms with van der Waals surface area (Å²) >= 11 is 1.55. The van der Waals surface area contributed by atoms with E-state index in [1.807, 2.05) is 116 Å². The first-order valence-electron chi connectivity index (χ1n) is 34.3. The van der Waals surface area contributed by atoms with Gasteiger partial charge in [0.1, 0.15) is 61.3 Å². The van der Waals surface area contributed by atoms with Gasteiger partial charge < -0.3 is 68.2 Å². The molecule has 0 bridgehead atoms. The van der Waals surface area contributed by atoms with Crippen LogP contribution in [0.15, 0.2) is 175 Å². The van der Waals surface area contributed by atoms with Crippen molar-refractivity contribution in [1.82, 2.24) is 50.1 Å². The molecule has 554 valence electrons. The van der Waals surface area contributed by atoms with Crippen molar-refractivity contribution in [3.63, 3.8) is 0 Å². The Hall–Kier alpha value is -10.2. The van der Waals surface area contributed by atoms with E-state index >= 15 is 0 Å². The van der Waals surface area contributed by atoms with Gasteiger partial charge in [-0.25, -0.2) is 29.5 Å². The molecule has 6 heterocycles. The number of thioether (sulfide) groups is 1. The van der Waals surface area contributed by atoms with Gasteiger partial charge in [0.25, 0.3) is 11.5 Å². The molecule has 10 aromatic rings. The van der Waals surface area contributed by atoms with Crippen molar-refractivity contribution in [1.29, 1.82) is 0 Å². The maximum atomic E-state index is 13.9. The van der Waals surface area contributed by atoms with Crippen molar-refractivity contribution in [2.75, 3.05) is 88.8 Å². The number of rotatable bonds is 31. The summed E-state index contributed by atoms with van der Waals surface area (Å²) in [5, 5.41) is 19.8. The number of imidazole rings is 2. The number of ether oxygens (including phenoxy) is 7. The van der Waals surface area contributed by atoms with Crippen LogP contribution in [0, 0.1) is 0 Å². The second-order valence-electron chi connectivity index (χ2n) is 25.1. The molecule has 3 unspecified atom stereocenters. The summed E-state index contributed by atoms with van der Waals surface area (Å²) in [6.45, 7) is 2.49. The molecule has 4 amide bonds. The molecule has 8 N–H and O–H groups in total. The van der Waals surface area contributed by atoms with Gasteiger partial charge in [-0.2, -0.15) is 16.7 Å².